The highest BCUT2D eigenvalue weighted by Crippen LogP contribution is 2.39. The van der Waals surface area contributed by atoms with E-state index in [0.29, 0.717) is 11.4 Å². The number of carbonyl (C=O) groups is 1. The van der Waals surface area contributed by atoms with Crippen molar-refractivity contribution in [2.24, 2.45) is 5.73 Å². The van der Waals surface area contributed by atoms with E-state index in [0.717, 1.165) is 11.1 Å². The van der Waals surface area contributed by atoms with Crippen LogP contribution in [-0.4, -0.2) is 11.0 Å². The minimum absolute atomic E-state index is 0.260. The van der Waals surface area contributed by atoms with Crippen LogP contribution in [0.1, 0.15) is 70.0 Å². The lowest BCUT2D eigenvalue weighted by Gasteiger charge is -2.28. The molecule has 1 aromatic rings. The summed E-state index contributed by atoms with van der Waals surface area (Å²) in [5.41, 5.74) is 7.13. The highest BCUT2D eigenvalue weighted by molar-refractivity contribution is 5.96. The average molecular weight is 304 g/mol. The van der Waals surface area contributed by atoms with Crippen LogP contribution >= 0.6 is 0 Å². The molecule has 0 aliphatic heterocycles. The molecule has 0 saturated heterocycles. The van der Waals surface area contributed by atoms with Gasteiger partial charge in [-0.05, 0) is 36.0 Å². The molecule has 0 unspecified atom stereocenters. The Morgan fingerprint density at radius 3 is 1.82 bits per heavy atom. The van der Waals surface area contributed by atoms with E-state index in [1.807, 2.05) is 41.5 Å². The Morgan fingerprint density at radius 2 is 1.50 bits per heavy atom. The van der Waals surface area contributed by atoms with Crippen LogP contribution in [0.25, 0.3) is 0 Å². The van der Waals surface area contributed by atoms with Gasteiger partial charge in [-0.25, -0.2) is 0 Å². The van der Waals surface area contributed by atoms with Crippen molar-refractivity contribution in [3.63, 3.8) is 0 Å². The highest BCUT2D eigenvalue weighted by Gasteiger charge is 2.27. The summed E-state index contributed by atoms with van der Waals surface area (Å²) in [4.78, 5) is 12.4. The van der Waals surface area contributed by atoms with Crippen LogP contribution in [0.2, 0.25) is 0 Å². The van der Waals surface area contributed by atoms with Crippen molar-refractivity contribution < 1.29 is 9.90 Å². The molecule has 0 atom stereocenters. The van der Waals surface area contributed by atoms with Gasteiger partial charge >= 0.3 is 0 Å². The molecule has 0 bridgehead atoms. The fourth-order valence-electron chi connectivity index (χ4n) is 2.18. The molecule has 122 valence electrons. The summed E-state index contributed by atoms with van der Waals surface area (Å²) < 4.78 is 0. The molecule has 4 N–H and O–H groups in total. The van der Waals surface area contributed by atoms with Crippen LogP contribution in [0.3, 0.4) is 0 Å². The second kappa shape index (κ2) is 6.03. The minimum Gasteiger partial charge on any atom is -0.507 e. The Morgan fingerprint density at radius 1 is 1.09 bits per heavy atom. The van der Waals surface area contributed by atoms with Crippen molar-refractivity contribution >= 4 is 5.91 Å². The molecular weight excluding hydrogens is 276 g/mol. The molecule has 0 aliphatic rings. The van der Waals surface area contributed by atoms with E-state index in [4.69, 9.17) is 5.73 Å². The number of amides is 1. The summed E-state index contributed by atoms with van der Waals surface area (Å²) in [5, 5.41) is 13.3. The number of hydrogen-bond donors (Lipinski definition) is 3. The number of allylic oxidation sites excluding steroid dienone is 1. The van der Waals surface area contributed by atoms with Crippen LogP contribution in [-0.2, 0) is 10.8 Å². The van der Waals surface area contributed by atoms with Crippen molar-refractivity contribution in [1.82, 2.24) is 5.32 Å². The number of aromatic hydroxyl groups is 1. The van der Waals surface area contributed by atoms with E-state index >= 15 is 0 Å². The van der Waals surface area contributed by atoms with Crippen LogP contribution in [0.15, 0.2) is 24.0 Å². The van der Waals surface area contributed by atoms with E-state index in [1.54, 1.807) is 25.1 Å². The molecule has 0 radical (unpaired) electrons. The van der Waals surface area contributed by atoms with Crippen LogP contribution in [0.4, 0.5) is 0 Å². The van der Waals surface area contributed by atoms with Crippen LogP contribution in [0.5, 0.6) is 5.75 Å². The van der Waals surface area contributed by atoms with Crippen molar-refractivity contribution in [3.05, 3.63) is 40.7 Å². The summed E-state index contributed by atoms with van der Waals surface area (Å²) in [5.74, 6) is 0.301. The lowest BCUT2D eigenvalue weighted by atomic mass is 9.78. The molecule has 1 rings (SSSR count). The number of hydrogen-bond acceptors (Lipinski definition) is 3. The Bertz CT molecular complexity index is 567. The van der Waals surface area contributed by atoms with Gasteiger partial charge in [-0.1, -0.05) is 41.5 Å². The summed E-state index contributed by atoms with van der Waals surface area (Å²) in [6.45, 7) is 13.8. The van der Waals surface area contributed by atoms with Gasteiger partial charge in [-0.2, -0.15) is 0 Å². The first kappa shape index (κ1) is 18.1. The number of nitrogens with one attached hydrogen (secondary N) is 1. The second-order valence-corrected chi connectivity index (χ2v) is 7.62. The third-order valence-electron chi connectivity index (χ3n) is 3.56. The molecule has 0 saturated carbocycles. The van der Waals surface area contributed by atoms with Crippen molar-refractivity contribution in [2.75, 3.05) is 0 Å². The van der Waals surface area contributed by atoms with E-state index < -0.39 is 0 Å². The van der Waals surface area contributed by atoms with E-state index in [2.05, 4.69) is 5.32 Å². The first-order valence-electron chi connectivity index (χ1n) is 7.49. The first-order valence-corrected chi connectivity index (χ1v) is 7.49. The zero-order chi connectivity index (χ0) is 17.3. The number of rotatable bonds is 2. The zero-order valence-corrected chi connectivity index (χ0v) is 14.7. The molecule has 0 heterocycles. The summed E-state index contributed by atoms with van der Waals surface area (Å²) in [6, 6.07) is 3.48. The quantitative estimate of drug-likeness (QED) is 0.782. The van der Waals surface area contributed by atoms with Gasteiger partial charge in [-0.3, -0.25) is 4.79 Å². The number of phenols is 1. The number of nitrogens with two attached hydrogens (primary N) is 1. The fraction of sp³-hybridized carbons (Fsp3) is 0.500. The van der Waals surface area contributed by atoms with Gasteiger partial charge in [0.15, 0.2) is 0 Å². The van der Waals surface area contributed by atoms with Gasteiger partial charge in [-0.15, -0.1) is 0 Å². The van der Waals surface area contributed by atoms with E-state index in [9.17, 15) is 9.90 Å². The number of benzene rings is 1. The average Bonchev–Trinajstić information content (AvgIpc) is 2.35. The Balaban J connectivity index is 3.51. The molecule has 4 heteroatoms. The topological polar surface area (TPSA) is 75.3 Å². The molecular formula is C18H28N2O2. The van der Waals surface area contributed by atoms with Gasteiger partial charge in [0.05, 0.1) is 5.82 Å². The maximum absolute atomic E-state index is 12.4. The third kappa shape index (κ3) is 4.03. The second-order valence-electron chi connectivity index (χ2n) is 7.62. The van der Waals surface area contributed by atoms with Gasteiger partial charge < -0.3 is 16.2 Å². The third-order valence-corrected chi connectivity index (χ3v) is 3.56. The van der Waals surface area contributed by atoms with Gasteiger partial charge in [0.25, 0.3) is 5.91 Å². The minimum atomic E-state index is -0.272. The Hall–Kier alpha value is -1.97. The summed E-state index contributed by atoms with van der Waals surface area (Å²) in [6.07, 6.45) is 1.63. The predicted octanol–water partition coefficient (Wildman–Crippen LogP) is 3.54. The van der Waals surface area contributed by atoms with Gasteiger partial charge in [0.1, 0.15) is 5.75 Å². The molecule has 0 aliphatic carbocycles. The largest absolute Gasteiger partial charge is 0.507 e. The van der Waals surface area contributed by atoms with Crippen LogP contribution < -0.4 is 11.1 Å². The fourth-order valence-corrected chi connectivity index (χ4v) is 2.18. The Labute approximate surface area is 133 Å². The maximum atomic E-state index is 12.4. The van der Waals surface area contributed by atoms with Crippen LogP contribution in [0, 0.1) is 0 Å². The monoisotopic (exact) mass is 304 g/mol. The summed E-state index contributed by atoms with van der Waals surface area (Å²) in [7, 11) is 0. The normalized spacial score (nSPS) is 13.1. The van der Waals surface area contributed by atoms with E-state index in [-0.39, 0.29) is 22.5 Å². The smallest absolute Gasteiger partial charge is 0.256 e. The molecule has 22 heavy (non-hydrogen) atoms. The first-order chi connectivity index (χ1) is 9.87. The van der Waals surface area contributed by atoms with Gasteiger partial charge in [0, 0.05) is 16.7 Å². The number of carbonyl (C=O) groups excluding carboxylic acids is 1. The molecule has 0 aromatic heterocycles. The van der Waals surface area contributed by atoms with E-state index in [1.165, 1.54) is 0 Å². The lowest BCUT2D eigenvalue weighted by molar-refractivity contribution is 0.0965. The molecule has 4 nitrogen and oxygen atoms in total. The lowest BCUT2D eigenvalue weighted by Crippen LogP contribution is -2.28. The van der Waals surface area contributed by atoms with Crippen molar-refractivity contribution in [1.29, 1.82) is 0 Å². The summed E-state index contributed by atoms with van der Waals surface area (Å²) >= 11 is 0. The molecule has 1 aromatic carbocycles. The predicted molar refractivity (Wildman–Crippen MR) is 90.9 cm³/mol. The number of phenolic OH excluding ortho intramolecular Hbond substituents is 1. The maximum Gasteiger partial charge on any atom is 0.256 e. The SMILES string of the molecule is CC=C(N)NC(=O)c1cc(C(C)(C)C)c(O)c(C(C)(C)C)c1. The molecule has 1 amide bonds. The standard InChI is InChI=1S/C18H28N2O2/c1-8-14(19)20-16(22)11-9-12(17(2,3)4)15(21)13(10-11)18(5,6)7/h8-10,21H,19H2,1-7H3,(H,20,22). The Kier molecular flexibility index (Phi) is 4.96. The molecule has 0 fully saturated rings. The van der Waals surface area contributed by atoms with Gasteiger partial charge in [0.2, 0.25) is 0 Å². The zero-order valence-electron chi connectivity index (χ0n) is 14.7. The van der Waals surface area contributed by atoms with Crippen molar-refractivity contribution in [2.45, 2.75) is 59.3 Å². The molecule has 0 spiro atoms. The van der Waals surface area contributed by atoms with Crippen molar-refractivity contribution in [3.8, 4) is 5.75 Å². The highest BCUT2D eigenvalue weighted by atomic mass is 16.3.